The van der Waals surface area contributed by atoms with Gasteiger partial charge in [-0.05, 0) is 54.9 Å². The highest BCUT2D eigenvalue weighted by Crippen LogP contribution is 2.37. The van der Waals surface area contributed by atoms with Crippen LogP contribution in [0.4, 0.5) is 0 Å². The lowest BCUT2D eigenvalue weighted by molar-refractivity contribution is -0.136. The molecule has 4 nitrogen and oxygen atoms in total. The summed E-state index contributed by atoms with van der Waals surface area (Å²) in [6.45, 7) is -1.12. The smallest absolute Gasteiger partial charge is 0.307 e. The molecule has 130 valence electrons. The lowest BCUT2D eigenvalue weighted by Crippen LogP contribution is -2.12. The van der Waals surface area contributed by atoms with Gasteiger partial charge >= 0.3 is 5.97 Å². The molecule has 25 heavy (non-hydrogen) atoms. The van der Waals surface area contributed by atoms with Crippen LogP contribution in [0, 0.1) is 0 Å². The van der Waals surface area contributed by atoms with Crippen molar-refractivity contribution in [1.29, 1.82) is 0 Å². The van der Waals surface area contributed by atoms with Gasteiger partial charge in [-0.25, -0.2) is 0 Å². The molecule has 4 heteroatoms. The average molecular weight is 339 g/mol. The Kier molecular flexibility index (Phi) is 4.44. The monoisotopic (exact) mass is 339 g/mol. The zero-order chi connectivity index (χ0) is 19.6. The molecule has 2 aromatic rings. The number of ether oxygens (including phenoxy) is 1. The number of carboxylic acids is 1. The topological polar surface area (TPSA) is 49.8 Å². The van der Waals surface area contributed by atoms with E-state index in [4.69, 9.17) is 12.6 Å². The average Bonchev–Trinajstić information content (AvgIpc) is 2.68. The number of carbonyl (C=O) groups is 1. The van der Waals surface area contributed by atoms with Gasteiger partial charge in [0, 0.05) is 12.1 Å². The molecule has 0 radical (unpaired) electrons. The Morgan fingerprint density at radius 3 is 2.84 bits per heavy atom. The summed E-state index contributed by atoms with van der Waals surface area (Å²) in [4.78, 5) is 13.2. The fourth-order valence-corrected chi connectivity index (χ4v) is 2.91. The van der Waals surface area contributed by atoms with Crippen LogP contribution in [0.15, 0.2) is 48.5 Å². The van der Waals surface area contributed by atoms with Crippen LogP contribution < -0.4 is 4.74 Å². The summed E-state index contributed by atoms with van der Waals surface area (Å²) in [7, 11) is 4.00. The Morgan fingerprint density at radius 2 is 2.08 bits per heavy atom. The Morgan fingerprint density at radius 1 is 1.28 bits per heavy atom. The number of aliphatic carboxylic acids is 1. The normalized spacial score (nSPS) is 17.8. The van der Waals surface area contributed by atoms with E-state index in [1.54, 1.807) is 30.3 Å². The molecule has 0 atom stereocenters. The molecule has 1 N–H and O–H groups in total. The van der Waals surface area contributed by atoms with Crippen molar-refractivity contribution in [3.05, 3.63) is 70.8 Å². The maximum absolute atomic E-state index is 11.1. The first-order valence-corrected chi connectivity index (χ1v) is 8.27. The molecule has 0 amide bonds. The summed E-state index contributed by atoms with van der Waals surface area (Å²) < 4.78 is 22.5. The summed E-state index contributed by atoms with van der Waals surface area (Å²) in [5.41, 5.74) is 3.49. The third-order valence-electron chi connectivity index (χ3n) is 4.10. The predicted octanol–water partition coefficient (Wildman–Crippen LogP) is 3.59. The van der Waals surface area contributed by atoms with Crippen LogP contribution in [0.3, 0.4) is 0 Å². The molecular weight excluding hydrogens is 314 g/mol. The predicted molar refractivity (Wildman–Crippen MR) is 98.8 cm³/mol. The highest BCUT2D eigenvalue weighted by molar-refractivity contribution is 5.85. The fourth-order valence-electron chi connectivity index (χ4n) is 2.91. The molecule has 0 unspecified atom stereocenters. The van der Waals surface area contributed by atoms with Gasteiger partial charge in [0.1, 0.15) is 12.3 Å². The molecule has 1 aliphatic heterocycles. The number of benzene rings is 2. The highest BCUT2D eigenvalue weighted by Gasteiger charge is 2.19. The molecule has 0 aromatic heterocycles. The highest BCUT2D eigenvalue weighted by atomic mass is 16.5. The van der Waals surface area contributed by atoms with Gasteiger partial charge in [0.25, 0.3) is 0 Å². The summed E-state index contributed by atoms with van der Waals surface area (Å²) in [5, 5.41) is 9.12. The molecule has 1 aliphatic rings. The molecule has 0 fully saturated rings. The Bertz CT molecular complexity index is 891. The van der Waals surface area contributed by atoms with Crippen molar-refractivity contribution in [2.75, 3.05) is 20.6 Å². The van der Waals surface area contributed by atoms with Crippen molar-refractivity contribution in [1.82, 2.24) is 4.90 Å². The first-order valence-electron chi connectivity index (χ1n) is 9.27. The number of hydrogen-bond donors (Lipinski definition) is 1. The van der Waals surface area contributed by atoms with Crippen LogP contribution in [0.2, 0.25) is 0 Å². The minimum Gasteiger partial charge on any atom is -0.488 e. The fraction of sp³-hybridized carbons (Fsp3) is 0.286. The van der Waals surface area contributed by atoms with Crippen LogP contribution in [-0.4, -0.2) is 36.6 Å². The maximum Gasteiger partial charge on any atom is 0.307 e. The lowest BCUT2D eigenvalue weighted by Gasteiger charge is -2.13. The summed E-state index contributed by atoms with van der Waals surface area (Å²) >= 11 is 0. The van der Waals surface area contributed by atoms with E-state index in [1.807, 2.05) is 26.2 Å². The van der Waals surface area contributed by atoms with Gasteiger partial charge in [-0.1, -0.05) is 36.4 Å². The third-order valence-corrected chi connectivity index (χ3v) is 4.10. The second-order valence-electron chi connectivity index (χ2n) is 6.36. The van der Waals surface area contributed by atoms with E-state index in [0.717, 1.165) is 29.7 Å². The van der Waals surface area contributed by atoms with E-state index in [-0.39, 0.29) is 6.42 Å². The quantitative estimate of drug-likeness (QED) is 0.904. The lowest BCUT2D eigenvalue weighted by atomic mass is 9.92. The first-order chi connectivity index (χ1) is 12.8. The molecular formula is C21H23NO3. The van der Waals surface area contributed by atoms with Crippen LogP contribution in [0.5, 0.6) is 5.75 Å². The van der Waals surface area contributed by atoms with E-state index >= 15 is 0 Å². The van der Waals surface area contributed by atoms with Crippen molar-refractivity contribution in [3.8, 4) is 5.75 Å². The first kappa shape index (κ1) is 14.7. The van der Waals surface area contributed by atoms with E-state index < -0.39 is 12.5 Å². The van der Waals surface area contributed by atoms with Gasteiger partial charge in [-0.15, -0.1) is 0 Å². The second kappa shape index (κ2) is 7.53. The SMILES string of the molecule is [2H]C1([2H])Oc2ccc(CC(=O)O)cc2/C(=C\CCN(C)C)c2ccccc21. The van der Waals surface area contributed by atoms with Crippen LogP contribution in [-0.2, 0) is 17.8 Å². The van der Waals surface area contributed by atoms with Gasteiger partial charge in [0.15, 0.2) is 0 Å². The number of hydrogen-bond acceptors (Lipinski definition) is 3. The second-order valence-corrected chi connectivity index (χ2v) is 6.36. The molecule has 0 spiro atoms. The number of nitrogens with zero attached hydrogens (tertiary/aromatic N) is 1. The van der Waals surface area contributed by atoms with Gasteiger partial charge in [0.05, 0.1) is 9.16 Å². The van der Waals surface area contributed by atoms with Crippen LogP contribution in [0.1, 0.15) is 31.4 Å². The minimum absolute atomic E-state index is 0.0905. The summed E-state index contributed by atoms with van der Waals surface area (Å²) in [5.74, 6) is -0.486. The zero-order valence-electron chi connectivity index (χ0n) is 16.5. The molecule has 2 aromatic carbocycles. The molecule has 3 rings (SSSR count). The molecule has 0 saturated heterocycles. The standard InChI is InChI=1S/C21H23NO3/c1-22(2)11-5-8-18-17-7-4-3-6-16(17)14-25-20-10-9-15(12-19(18)20)13-21(23)24/h3-4,6-10,12H,5,11,13-14H2,1-2H3,(H,23,24)/b18-8-/i14D2. The maximum atomic E-state index is 11.1. The number of carboxylic acid groups (broad SMARTS) is 1. The van der Waals surface area contributed by atoms with Gasteiger partial charge in [-0.3, -0.25) is 4.79 Å². The van der Waals surface area contributed by atoms with Gasteiger partial charge in [-0.2, -0.15) is 0 Å². The van der Waals surface area contributed by atoms with Crippen molar-refractivity contribution < 1.29 is 17.4 Å². The summed E-state index contributed by atoms with van der Waals surface area (Å²) in [6.07, 6.45) is 2.77. The zero-order valence-corrected chi connectivity index (χ0v) is 14.5. The number of fused-ring (bicyclic) bond motifs is 2. The van der Waals surface area contributed by atoms with E-state index in [0.29, 0.717) is 16.9 Å². The van der Waals surface area contributed by atoms with E-state index in [2.05, 4.69) is 11.0 Å². The largest absolute Gasteiger partial charge is 0.488 e. The molecule has 1 heterocycles. The molecule has 0 saturated carbocycles. The van der Waals surface area contributed by atoms with E-state index in [1.165, 1.54) is 0 Å². The van der Waals surface area contributed by atoms with E-state index in [9.17, 15) is 4.79 Å². The Balaban J connectivity index is 2.18. The van der Waals surface area contributed by atoms with Crippen molar-refractivity contribution in [2.24, 2.45) is 0 Å². The van der Waals surface area contributed by atoms with Crippen LogP contribution in [0.25, 0.3) is 5.57 Å². The molecule has 0 bridgehead atoms. The number of rotatable bonds is 5. The van der Waals surface area contributed by atoms with Crippen LogP contribution >= 0.6 is 0 Å². The summed E-state index contributed by atoms with van der Waals surface area (Å²) in [6, 6.07) is 12.4. The Hall–Kier alpha value is -2.59. The molecule has 0 aliphatic carbocycles. The minimum atomic E-state index is -1.98. The third kappa shape index (κ3) is 4.09. The van der Waals surface area contributed by atoms with Crippen molar-refractivity contribution in [3.63, 3.8) is 0 Å². The Labute approximate surface area is 151 Å². The van der Waals surface area contributed by atoms with Gasteiger partial charge < -0.3 is 14.7 Å². The van der Waals surface area contributed by atoms with Crippen molar-refractivity contribution in [2.45, 2.75) is 19.4 Å². The van der Waals surface area contributed by atoms with Crippen molar-refractivity contribution >= 4 is 11.5 Å². The van der Waals surface area contributed by atoms with Gasteiger partial charge in [0.2, 0.25) is 0 Å².